The summed E-state index contributed by atoms with van der Waals surface area (Å²) >= 11 is 0. The molecule has 0 atom stereocenters. The van der Waals surface area contributed by atoms with Gasteiger partial charge in [-0.2, -0.15) is 0 Å². The zero-order chi connectivity index (χ0) is 13.1. The fourth-order valence-electron chi connectivity index (χ4n) is 2.42. The van der Waals surface area contributed by atoms with Crippen molar-refractivity contribution in [2.75, 3.05) is 39.5 Å². The normalized spacial score (nSPS) is 19.2. The summed E-state index contributed by atoms with van der Waals surface area (Å²) < 4.78 is 10.5. The number of hydrogen-bond acceptors (Lipinski definition) is 5. The molecule has 0 spiro atoms. The molecule has 0 bridgehead atoms. The summed E-state index contributed by atoms with van der Waals surface area (Å²) in [4.78, 5) is 14.5. The van der Waals surface area contributed by atoms with Crippen LogP contribution in [0.15, 0.2) is 18.2 Å². The number of carbonyl (C=O) groups excluding carboxylic acids is 1. The van der Waals surface area contributed by atoms with Crippen LogP contribution in [0.1, 0.15) is 16.8 Å². The van der Waals surface area contributed by atoms with Gasteiger partial charge >= 0.3 is 0 Å². The molecule has 5 nitrogen and oxygen atoms in total. The van der Waals surface area contributed by atoms with E-state index in [2.05, 4.69) is 10.2 Å². The van der Waals surface area contributed by atoms with Crippen LogP contribution in [0.4, 0.5) is 0 Å². The molecule has 0 unspecified atom stereocenters. The van der Waals surface area contributed by atoms with Gasteiger partial charge in [0.1, 0.15) is 0 Å². The standard InChI is InChI=1S/C14H18N2O3/c17-12(9-16-6-1-4-15-5-7-16)11-2-3-13-14(8-11)19-10-18-13/h2-3,8,15H,1,4-7,9-10H2. The average Bonchev–Trinajstić information content (AvgIpc) is 2.75. The average molecular weight is 262 g/mol. The Morgan fingerprint density at radius 2 is 2.11 bits per heavy atom. The Hall–Kier alpha value is -1.59. The maximum absolute atomic E-state index is 12.3. The summed E-state index contributed by atoms with van der Waals surface area (Å²) in [5, 5.41) is 3.33. The lowest BCUT2D eigenvalue weighted by Crippen LogP contribution is -2.33. The topological polar surface area (TPSA) is 50.8 Å². The predicted octanol–water partition coefficient (Wildman–Crippen LogP) is 0.893. The Morgan fingerprint density at radius 3 is 3.05 bits per heavy atom. The highest BCUT2D eigenvalue weighted by atomic mass is 16.7. The van der Waals surface area contributed by atoms with Gasteiger partial charge < -0.3 is 14.8 Å². The van der Waals surface area contributed by atoms with Crippen LogP contribution in [0.2, 0.25) is 0 Å². The van der Waals surface area contributed by atoms with Crippen LogP contribution in [0.25, 0.3) is 0 Å². The van der Waals surface area contributed by atoms with Crippen molar-refractivity contribution < 1.29 is 14.3 Å². The second-order valence-electron chi connectivity index (χ2n) is 4.87. The molecule has 0 radical (unpaired) electrons. The molecule has 1 saturated heterocycles. The minimum Gasteiger partial charge on any atom is -0.454 e. The van der Waals surface area contributed by atoms with Gasteiger partial charge in [0.05, 0.1) is 6.54 Å². The number of nitrogens with zero attached hydrogens (tertiary/aromatic N) is 1. The summed E-state index contributed by atoms with van der Waals surface area (Å²) in [7, 11) is 0. The van der Waals surface area contributed by atoms with E-state index in [1.54, 1.807) is 12.1 Å². The first-order chi connectivity index (χ1) is 9.33. The Labute approximate surface area is 112 Å². The summed E-state index contributed by atoms with van der Waals surface area (Å²) in [5.74, 6) is 1.53. The van der Waals surface area contributed by atoms with E-state index in [-0.39, 0.29) is 12.6 Å². The number of benzene rings is 1. The third kappa shape index (κ3) is 2.88. The maximum atomic E-state index is 12.3. The van der Waals surface area contributed by atoms with Gasteiger partial charge in [-0.3, -0.25) is 9.69 Å². The summed E-state index contributed by atoms with van der Waals surface area (Å²) in [5.41, 5.74) is 0.696. The molecule has 19 heavy (non-hydrogen) atoms. The van der Waals surface area contributed by atoms with Gasteiger partial charge in [0.2, 0.25) is 6.79 Å². The van der Waals surface area contributed by atoms with Gasteiger partial charge in [-0.1, -0.05) is 0 Å². The van der Waals surface area contributed by atoms with Gasteiger partial charge in [0.15, 0.2) is 17.3 Å². The highest BCUT2D eigenvalue weighted by Gasteiger charge is 2.18. The highest BCUT2D eigenvalue weighted by molar-refractivity contribution is 5.98. The molecular formula is C14H18N2O3. The fourth-order valence-corrected chi connectivity index (χ4v) is 2.42. The number of rotatable bonds is 3. The van der Waals surface area contributed by atoms with Crippen molar-refractivity contribution >= 4 is 5.78 Å². The Bertz CT molecular complexity index is 468. The smallest absolute Gasteiger partial charge is 0.231 e. The number of fused-ring (bicyclic) bond motifs is 1. The second kappa shape index (κ2) is 5.59. The first-order valence-corrected chi connectivity index (χ1v) is 6.69. The molecule has 0 saturated carbocycles. The van der Waals surface area contributed by atoms with Crippen LogP contribution in [-0.2, 0) is 0 Å². The largest absolute Gasteiger partial charge is 0.454 e. The first kappa shape index (κ1) is 12.4. The molecule has 1 fully saturated rings. The molecule has 0 amide bonds. The van der Waals surface area contributed by atoms with Gasteiger partial charge in [-0.25, -0.2) is 0 Å². The van der Waals surface area contributed by atoms with E-state index in [1.807, 2.05) is 6.07 Å². The van der Waals surface area contributed by atoms with E-state index < -0.39 is 0 Å². The summed E-state index contributed by atoms with van der Waals surface area (Å²) in [6.07, 6.45) is 1.09. The molecule has 1 N–H and O–H groups in total. The molecule has 1 aromatic rings. The lowest BCUT2D eigenvalue weighted by Gasteiger charge is -2.18. The van der Waals surface area contributed by atoms with E-state index in [4.69, 9.17) is 9.47 Å². The molecule has 0 aliphatic carbocycles. The predicted molar refractivity (Wildman–Crippen MR) is 70.8 cm³/mol. The highest BCUT2D eigenvalue weighted by Crippen LogP contribution is 2.32. The first-order valence-electron chi connectivity index (χ1n) is 6.69. The number of ether oxygens (including phenoxy) is 2. The zero-order valence-corrected chi connectivity index (χ0v) is 10.9. The third-order valence-corrected chi connectivity index (χ3v) is 3.49. The Kier molecular flexibility index (Phi) is 3.66. The molecule has 102 valence electrons. The fraction of sp³-hybridized carbons (Fsp3) is 0.500. The Morgan fingerprint density at radius 1 is 1.21 bits per heavy atom. The van der Waals surface area contributed by atoms with Crippen LogP contribution in [0.3, 0.4) is 0 Å². The molecule has 2 aliphatic rings. The Balaban J connectivity index is 1.66. The van der Waals surface area contributed by atoms with Crippen LogP contribution >= 0.6 is 0 Å². The zero-order valence-electron chi connectivity index (χ0n) is 10.9. The van der Waals surface area contributed by atoms with Crippen molar-refractivity contribution in [3.05, 3.63) is 23.8 Å². The van der Waals surface area contributed by atoms with Gasteiger partial charge in [0, 0.05) is 18.7 Å². The maximum Gasteiger partial charge on any atom is 0.231 e. The minimum absolute atomic E-state index is 0.139. The molecular weight excluding hydrogens is 244 g/mol. The van der Waals surface area contributed by atoms with Gasteiger partial charge in [0.25, 0.3) is 0 Å². The van der Waals surface area contributed by atoms with Crippen molar-refractivity contribution in [1.29, 1.82) is 0 Å². The van der Waals surface area contributed by atoms with E-state index in [0.29, 0.717) is 17.9 Å². The van der Waals surface area contributed by atoms with Crippen molar-refractivity contribution in [2.45, 2.75) is 6.42 Å². The molecule has 5 heteroatoms. The number of nitrogens with one attached hydrogen (secondary N) is 1. The van der Waals surface area contributed by atoms with Crippen LogP contribution in [0, 0.1) is 0 Å². The lowest BCUT2D eigenvalue weighted by molar-refractivity contribution is 0.0934. The second-order valence-corrected chi connectivity index (χ2v) is 4.87. The van der Waals surface area contributed by atoms with Crippen molar-refractivity contribution in [3.8, 4) is 11.5 Å². The van der Waals surface area contributed by atoms with Crippen LogP contribution < -0.4 is 14.8 Å². The quantitative estimate of drug-likeness (QED) is 0.820. The monoisotopic (exact) mass is 262 g/mol. The van der Waals surface area contributed by atoms with Crippen LogP contribution in [-0.4, -0.2) is 50.2 Å². The number of hydrogen-bond donors (Lipinski definition) is 1. The van der Waals surface area contributed by atoms with E-state index >= 15 is 0 Å². The molecule has 1 aromatic carbocycles. The SMILES string of the molecule is O=C(CN1CCCNCC1)c1ccc2c(c1)OCO2. The summed E-state index contributed by atoms with van der Waals surface area (Å²) in [6.45, 7) is 4.61. The van der Waals surface area contributed by atoms with Gasteiger partial charge in [-0.05, 0) is 37.7 Å². The lowest BCUT2D eigenvalue weighted by atomic mass is 10.1. The number of carbonyl (C=O) groups is 1. The van der Waals surface area contributed by atoms with Crippen LogP contribution in [0.5, 0.6) is 11.5 Å². The molecule has 2 aliphatic heterocycles. The number of ketones is 1. The van der Waals surface area contributed by atoms with Crippen molar-refractivity contribution in [1.82, 2.24) is 10.2 Å². The number of Topliss-reactive ketones (excluding diaryl/α,β-unsaturated/α-hetero) is 1. The molecule has 2 heterocycles. The van der Waals surface area contributed by atoms with Gasteiger partial charge in [-0.15, -0.1) is 0 Å². The summed E-state index contributed by atoms with van der Waals surface area (Å²) in [6, 6.07) is 5.40. The minimum atomic E-state index is 0.139. The van der Waals surface area contributed by atoms with E-state index in [0.717, 1.165) is 38.3 Å². The third-order valence-electron chi connectivity index (χ3n) is 3.49. The van der Waals surface area contributed by atoms with Crippen molar-refractivity contribution in [2.24, 2.45) is 0 Å². The molecule has 0 aromatic heterocycles. The molecule has 3 rings (SSSR count). The van der Waals surface area contributed by atoms with E-state index in [1.165, 1.54) is 0 Å². The van der Waals surface area contributed by atoms with Crippen molar-refractivity contribution in [3.63, 3.8) is 0 Å². The van der Waals surface area contributed by atoms with E-state index in [9.17, 15) is 4.79 Å².